The van der Waals surface area contributed by atoms with Gasteiger partial charge in [0.15, 0.2) is 0 Å². The molecule has 9 nitrogen and oxygen atoms in total. The van der Waals surface area contributed by atoms with Gasteiger partial charge in [0, 0.05) is 37.9 Å². The molecule has 2 aliphatic heterocycles. The van der Waals surface area contributed by atoms with Crippen LogP contribution in [-0.2, 0) is 26.2 Å². The van der Waals surface area contributed by atoms with Crippen LogP contribution >= 0.6 is 45.5 Å². The number of fused-ring (bicyclic) bond motifs is 5. The lowest BCUT2D eigenvalue weighted by Crippen LogP contribution is -2.49. The molecule has 1 saturated carbocycles. The predicted octanol–water partition coefficient (Wildman–Crippen LogP) is 8.01. The second kappa shape index (κ2) is 11.8. The van der Waals surface area contributed by atoms with Crippen LogP contribution in [0, 0.1) is 39.6 Å². The van der Waals surface area contributed by atoms with Crippen LogP contribution in [0.4, 0.5) is 11.5 Å². The van der Waals surface area contributed by atoms with Gasteiger partial charge in [0.2, 0.25) is 23.6 Å². The van der Waals surface area contributed by atoms with E-state index in [1.807, 2.05) is 50.3 Å². The third-order valence-corrected chi connectivity index (χ3v) is 14.1. The van der Waals surface area contributed by atoms with Gasteiger partial charge in [0.05, 0.1) is 33.7 Å². The Morgan fingerprint density at radius 1 is 0.942 bits per heavy atom. The summed E-state index contributed by atoms with van der Waals surface area (Å²) in [5.41, 5.74) is 2.21. The Kier molecular flexibility index (Phi) is 7.63. The van der Waals surface area contributed by atoms with Gasteiger partial charge in [-0.2, -0.15) is 5.10 Å². The quantitative estimate of drug-likeness (QED) is 0.112. The first-order valence-electron chi connectivity index (χ1n) is 17.1. The number of para-hydroxylation sites is 1. The number of hydrogen-bond donors (Lipinski definition) is 1. The van der Waals surface area contributed by atoms with Crippen LogP contribution in [0.5, 0.6) is 5.75 Å². The van der Waals surface area contributed by atoms with Crippen molar-refractivity contribution < 1.29 is 24.3 Å². The molecule has 6 atom stereocenters. The Morgan fingerprint density at radius 3 is 2.44 bits per heavy atom. The highest BCUT2D eigenvalue weighted by Gasteiger charge is 2.68. The summed E-state index contributed by atoms with van der Waals surface area (Å²) in [5, 5.41) is 17.8. The van der Waals surface area contributed by atoms with Crippen LogP contribution in [-0.4, -0.2) is 38.5 Å². The minimum Gasteiger partial charge on any atom is -0.508 e. The summed E-state index contributed by atoms with van der Waals surface area (Å²) in [5.74, 6) is -4.27. The molecular weight excluding hydrogens is 811 g/mol. The molecule has 2 aromatic heterocycles. The molecule has 0 radical (unpaired) electrons. The van der Waals surface area contributed by atoms with Crippen molar-refractivity contribution in [3.05, 3.63) is 104 Å². The number of carbonyl (C=O) groups is 4. The highest BCUT2D eigenvalue weighted by Crippen LogP contribution is 2.64. The van der Waals surface area contributed by atoms with Crippen molar-refractivity contribution >= 4 is 90.7 Å². The maximum absolute atomic E-state index is 15.0. The topological polar surface area (TPSA) is 113 Å². The summed E-state index contributed by atoms with van der Waals surface area (Å²) in [4.78, 5) is 61.5. The second-order valence-corrected chi connectivity index (χ2v) is 17.2. The van der Waals surface area contributed by atoms with E-state index in [2.05, 4.69) is 22.6 Å². The predicted molar refractivity (Wildman–Crippen MR) is 208 cm³/mol. The number of anilines is 2. The number of halogens is 2. The second-order valence-electron chi connectivity index (χ2n) is 14.4. The van der Waals surface area contributed by atoms with E-state index >= 15 is 4.79 Å². The smallest absolute Gasteiger partial charge is 0.242 e. The molecule has 9 rings (SSSR count). The number of thiophene rings is 1. The third-order valence-electron chi connectivity index (χ3n) is 11.8. The Balaban J connectivity index is 1.15. The van der Waals surface area contributed by atoms with E-state index in [1.165, 1.54) is 9.80 Å². The monoisotopic (exact) mass is 842 g/mol. The molecule has 4 heterocycles. The van der Waals surface area contributed by atoms with Crippen molar-refractivity contribution in [2.45, 2.75) is 32.6 Å². The van der Waals surface area contributed by atoms with Crippen LogP contribution in [0.15, 0.2) is 84.4 Å². The lowest BCUT2D eigenvalue weighted by atomic mass is 9.51. The zero-order valence-electron chi connectivity index (χ0n) is 28.3. The molecule has 3 fully saturated rings. The lowest BCUT2D eigenvalue weighted by Gasteiger charge is -2.49. The van der Waals surface area contributed by atoms with E-state index in [0.717, 1.165) is 29.7 Å². The van der Waals surface area contributed by atoms with Gasteiger partial charge in [0.25, 0.3) is 0 Å². The van der Waals surface area contributed by atoms with Crippen molar-refractivity contribution in [2.75, 3.05) is 9.80 Å². The number of aromatic nitrogens is 2. The van der Waals surface area contributed by atoms with Crippen molar-refractivity contribution in [1.82, 2.24) is 9.78 Å². The zero-order chi connectivity index (χ0) is 36.4. The van der Waals surface area contributed by atoms with Gasteiger partial charge in [-0.3, -0.25) is 28.8 Å². The average molecular weight is 843 g/mol. The van der Waals surface area contributed by atoms with Gasteiger partial charge < -0.3 is 5.11 Å². The number of allylic oxidation sites excluding steroid dienone is 2. The summed E-state index contributed by atoms with van der Waals surface area (Å²) < 4.78 is 3.60. The number of benzene rings is 3. The Morgan fingerprint density at radius 2 is 1.69 bits per heavy atom. The van der Waals surface area contributed by atoms with Crippen LogP contribution in [0.2, 0.25) is 5.02 Å². The zero-order valence-corrected chi connectivity index (χ0v) is 32.1. The first-order valence-corrected chi connectivity index (χ1v) is 19.4. The normalized spacial score (nSPS) is 26.9. The van der Waals surface area contributed by atoms with Gasteiger partial charge in [-0.1, -0.05) is 41.4 Å². The van der Waals surface area contributed by atoms with Crippen molar-refractivity contribution in [1.29, 1.82) is 0 Å². The molecule has 5 aromatic rings. The highest BCUT2D eigenvalue weighted by atomic mass is 127. The van der Waals surface area contributed by atoms with Gasteiger partial charge in [0.1, 0.15) is 17.3 Å². The molecule has 12 heteroatoms. The molecule has 4 aliphatic rings. The largest absolute Gasteiger partial charge is 0.508 e. The van der Waals surface area contributed by atoms with Gasteiger partial charge in [-0.05, 0) is 115 Å². The van der Waals surface area contributed by atoms with Crippen LogP contribution in [0.1, 0.15) is 36.8 Å². The van der Waals surface area contributed by atoms with Crippen molar-refractivity contribution in [2.24, 2.45) is 36.1 Å². The van der Waals surface area contributed by atoms with Gasteiger partial charge in [-0.15, -0.1) is 11.3 Å². The number of hydrogen-bond acceptors (Lipinski definition) is 7. The lowest BCUT2D eigenvalue weighted by molar-refractivity contribution is -0.131. The van der Waals surface area contributed by atoms with E-state index in [0.29, 0.717) is 34.2 Å². The minimum absolute atomic E-state index is 0.00680. The number of nitrogens with zero attached hydrogens (tertiary/aromatic N) is 4. The molecule has 4 amide bonds. The van der Waals surface area contributed by atoms with E-state index in [9.17, 15) is 19.5 Å². The average Bonchev–Trinajstić information content (AvgIpc) is 3.79. The van der Waals surface area contributed by atoms with Gasteiger partial charge >= 0.3 is 0 Å². The maximum atomic E-state index is 15.0. The standard InChI is InChI=1S/C40H32ClIN4O5S/c1-19-26-16-20(41)8-15-31(26)52-35(19)29-18-32(44(3)43-29)46-37(49)28-17-27-23(34(40(28,2)39(46)51)24-6-4-5-7-30(24)47)13-14-25-33(27)38(50)45(36(25)48)22-11-9-21(42)10-12-22/h4-13,15-16,18,25,27-28,33-34,47H,14,17H2,1-3H3/t25-,27+,28-,33-,34+,40+/m0/s1. The molecule has 262 valence electrons. The molecule has 52 heavy (non-hydrogen) atoms. The number of phenolic OH excluding ortho intramolecular Hbond substituents is 1. The molecule has 0 unspecified atom stereocenters. The molecule has 3 aromatic carbocycles. The fraction of sp³-hybridized carbons (Fsp3) is 0.275. The summed E-state index contributed by atoms with van der Waals surface area (Å²) >= 11 is 10.1. The van der Waals surface area contributed by atoms with Crippen molar-refractivity contribution in [3.8, 4) is 16.3 Å². The summed E-state index contributed by atoms with van der Waals surface area (Å²) in [6, 6.07) is 21.7. The summed E-state index contributed by atoms with van der Waals surface area (Å²) in [6.45, 7) is 3.82. The van der Waals surface area contributed by atoms with Crippen molar-refractivity contribution in [3.63, 3.8) is 0 Å². The van der Waals surface area contributed by atoms with Crippen LogP contribution in [0.3, 0.4) is 0 Å². The number of rotatable bonds is 4. The van der Waals surface area contributed by atoms with E-state index in [1.54, 1.807) is 65.5 Å². The first-order chi connectivity index (χ1) is 24.9. The number of amides is 4. The Bertz CT molecular complexity index is 2440. The number of phenols is 1. The third kappa shape index (κ3) is 4.61. The molecule has 2 saturated heterocycles. The van der Waals surface area contributed by atoms with Crippen LogP contribution in [0.25, 0.3) is 20.7 Å². The highest BCUT2D eigenvalue weighted by molar-refractivity contribution is 14.1. The molecule has 0 spiro atoms. The SMILES string of the molecule is Cc1c(-c2cc(N3C(=O)[C@@H]4C[C@@H]5C(=CC[C@@H]6C(=O)N(c7ccc(I)cc7)C(=O)[C@@H]65)[C@H](c5ccccc5O)[C@]4(C)C3=O)n(C)n2)sc2ccc(Cl)cc12. The number of carbonyl (C=O) groups excluding carboxylic acids is 4. The van der Waals surface area contributed by atoms with Gasteiger partial charge in [-0.25, -0.2) is 4.90 Å². The van der Waals surface area contributed by atoms with E-state index in [-0.39, 0.29) is 35.8 Å². The number of imide groups is 2. The summed E-state index contributed by atoms with van der Waals surface area (Å²) in [7, 11) is 1.72. The summed E-state index contributed by atoms with van der Waals surface area (Å²) in [6.07, 6.45) is 2.53. The Labute approximate surface area is 322 Å². The first kappa shape index (κ1) is 33.5. The number of aromatic hydroxyl groups is 1. The molecule has 0 bridgehead atoms. The van der Waals surface area contributed by atoms with E-state index in [4.69, 9.17) is 16.7 Å². The van der Waals surface area contributed by atoms with Crippen LogP contribution < -0.4 is 9.80 Å². The maximum Gasteiger partial charge on any atom is 0.242 e. The minimum atomic E-state index is -1.29. The molecular formula is C40H32ClIN4O5S. The Hall–Kier alpha value is -4.33. The number of aryl methyl sites for hydroxylation is 2. The van der Waals surface area contributed by atoms with E-state index < -0.39 is 35.0 Å². The molecule has 2 aliphatic carbocycles. The fourth-order valence-electron chi connectivity index (χ4n) is 9.37. The molecule has 1 N–H and O–H groups in total. The fourth-order valence-corrected chi connectivity index (χ4v) is 11.0.